The van der Waals surface area contributed by atoms with Crippen LogP contribution in [-0.4, -0.2) is 50.1 Å². The van der Waals surface area contributed by atoms with Crippen molar-refractivity contribution in [2.75, 3.05) is 27.2 Å². The Balaban J connectivity index is 2.25. The van der Waals surface area contributed by atoms with Crippen LogP contribution in [0.1, 0.15) is 37.3 Å². The van der Waals surface area contributed by atoms with Crippen LogP contribution in [0, 0.1) is 13.8 Å². The molecule has 0 fully saturated rings. The number of ether oxygens (including phenoxy) is 1. The van der Waals surface area contributed by atoms with Crippen LogP contribution in [0.4, 0.5) is 0 Å². The molecule has 0 heterocycles. The highest BCUT2D eigenvalue weighted by atomic mass is 16.5. The predicted molar refractivity (Wildman–Crippen MR) is 103 cm³/mol. The first-order chi connectivity index (χ1) is 11.8. The molecule has 1 aromatic rings. The molecule has 1 atom stereocenters. The Kier molecular flexibility index (Phi) is 8.81. The molecular formula is C19H32N4O2. The second kappa shape index (κ2) is 10.6. The molecule has 1 unspecified atom stereocenters. The Morgan fingerprint density at radius 2 is 1.92 bits per heavy atom. The lowest BCUT2D eigenvalue weighted by Crippen LogP contribution is -2.36. The molecule has 140 valence electrons. The first-order valence-electron chi connectivity index (χ1n) is 8.77. The fraction of sp³-hybridized carbons (Fsp3) is 0.579. The third-order valence-electron chi connectivity index (χ3n) is 3.84. The maximum atomic E-state index is 12.0. The van der Waals surface area contributed by atoms with Crippen molar-refractivity contribution in [1.82, 2.24) is 10.2 Å². The van der Waals surface area contributed by atoms with Gasteiger partial charge in [-0.1, -0.05) is 18.2 Å². The highest BCUT2D eigenvalue weighted by Crippen LogP contribution is 2.22. The highest BCUT2D eigenvalue weighted by Gasteiger charge is 2.10. The average molecular weight is 348 g/mol. The van der Waals surface area contributed by atoms with Crippen LogP contribution in [0.5, 0.6) is 5.75 Å². The smallest absolute Gasteiger partial charge is 0.220 e. The summed E-state index contributed by atoms with van der Waals surface area (Å²) in [5.74, 6) is 1.46. The van der Waals surface area contributed by atoms with E-state index < -0.39 is 0 Å². The molecular weight excluding hydrogens is 316 g/mol. The molecule has 1 rings (SSSR count). The SMILES string of the molecule is Cc1cccc(C)c1OCC(C)NC(=O)CCCCN=C(N)N(C)C. The molecule has 1 aromatic carbocycles. The summed E-state index contributed by atoms with van der Waals surface area (Å²) in [5, 5.41) is 2.97. The summed E-state index contributed by atoms with van der Waals surface area (Å²) < 4.78 is 5.87. The molecule has 0 saturated heterocycles. The van der Waals surface area contributed by atoms with Crippen LogP contribution >= 0.6 is 0 Å². The van der Waals surface area contributed by atoms with Gasteiger partial charge in [0.05, 0.1) is 6.04 Å². The van der Waals surface area contributed by atoms with Crippen molar-refractivity contribution in [2.45, 2.75) is 46.1 Å². The van der Waals surface area contributed by atoms with Crippen molar-refractivity contribution < 1.29 is 9.53 Å². The number of aryl methyl sites for hydroxylation is 2. The third-order valence-corrected chi connectivity index (χ3v) is 3.84. The molecule has 0 bridgehead atoms. The summed E-state index contributed by atoms with van der Waals surface area (Å²) in [7, 11) is 3.71. The zero-order valence-electron chi connectivity index (χ0n) is 16.1. The number of benzene rings is 1. The number of amides is 1. The molecule has 0 aliphatic heterocycles. The maximum Gasteiger partial charge on any atom is 0.220 e. The number of para-hydroxylation sites is 1. The molecule has 0 radical (unpaired) electrons. The van der Waals surface area contributed by atoms with Crippen molar-refractivity contribution in [3.05, 3.63) is 29.3 Å². The molecule has 25 heavy (non-hydrogen) atoms. The molecule has 0 saturated carbocycles. The molecule has 0 aromatic heterocycles. The van der Waals surface area contributed by atoms with Crippen LogP contribution in [0.15, 0.2) is 23.2 Å². The fourth-order valence-electron chi connectivity index (χ4n) is 2.36. The zero-order chi connectivity index (χ0) is 18.8. The van der Waals surface area contributed by atoms with Gasteiger partial charge >= 0.3 is 0 Å². The van der Waals surface area contributed by atoms with Crippen molar-refractivity contribution in [3.8, 4) is 5.75 Å². The van der Waals surface area contributed by atoms with Crippen LogP contribution in [0.3, 0.4) is 0 Å². The van der Waals surface area contributed by atoms with Gasteiger partial charge in [-0.2, -0.15) is 0 Å². The molecule has 0 aliphatic carbocycles. The minimum Gasteiger partial charge on any atom is -0.491 e. The van der Waals surface area contributed by atoms with Crippen molar-refractivity contribution in [2.24, 2.45) is 10.7 Å². The van der Waals surface area contributed by atoms with Gasteiger partial charge in [0.2, 0.25) is 5.91 Å². The second-order valence-corrected chi connectivity index (χ2v) is 6.59. The monoisotopic (exact) mass is 348 g/mol. The number of nitrogens with two attached hydrogens (primary N) is 1. The Hall–Kier alpha value is -2.24. The number of hydrogen-bond donors (Lipinski definition) is 2. The predicted octanol–water partition coefficient (Wildman–Crippen LogP) is 2.23. The normalized spacial score (nSPS) is 12.6. The lowest BCUT2D eigenvalue weighted by Gasteiger charge is -2.17. The van der Waals surface area contributed by atoms with E-state index in [9.17, 15) is 4.79 Å². The number of carbonyl (C=O) groups is 1. The number of aliphatic imine (C=N–C) groups is 1. The van der Waals surface area contributed by atoms with Gasteiger partial charge in [0.15, 0.2) is 5.96 Å². The summed E-state index contributed by atoms with van der Waals surface area (Å²) in [6.45, 7) is 7.10. The largest absolute Gasteiger partial charge is 0.491 e. The van der Waals surface area contributed by atoms with E-state index in [-0.39, 0.29) is 11.9 Å². The zero-order valence-corrected chi connectivity index (χ0v) is 16.1. The van der Waals surface area contributed by atoms with Gasteiger partial charge in [-0.25, -0.2) is 0 Å². The Bertz CT molecular complexity index is 565. The maximum absolute atomic E-state index is 12.0. The lowest BCUT2D eigenvalue weighted by molar-refractivity contribution is -0.122. The van der Waals surface area contributed by atoms with E-state index in [2.05, 4.69) is 10.3 Å². The van der Waals surface area contributed by atoms with Gasteiger partial charge < -0.3 is 20.7 Å². The van der Waals surface area contributed by atoms with Gasteiger partial charge in [0.25, 0.3) is 0 Å². The van der Waals surface area contributed by atoms with Crippen LogP contribution in [0.2, 0.25) is 0 Å². The minimum atomic E-state index is -0.0334. The standard InChI is InChI=1S/C19H32N4O2/c1-14-9-8-10-15(2)18(14)25-13-16(3)22-17(24)11-6-7-12-21-19(20)23(4)5/h8-10,16H,6-7,11-13H2,1-5H3,(H2,20,21)(H,22,24). The summed E-state index contributed by atoms with van der Waals surface area (Å²) in [4.78, 5) is 18.0. The van der Waals surface area contributed by atoms with E-state index in [0.717, 1.165) is 29.7 Å². The van der Waals surface area contributed by atoms with E-state index >= 15 is 0 Å². The van der Waals surface area contributed by atoms with E-state index in [1.807, 2.05) is 53.1 Å². The Morgan fingerprint density at radius 1 is 1.28 bits per heavy atom. The van der Waals surface area contributed by atoms with Gasteiger partial charge in [-0.05, 0) is 44.7 Å². The first-order valence-corrected chi connectivity index (χ1v) is 8.77. The van der Waals surface area contributed by atoms with Crippen LogP contribution in [0.25, 0.3) is 0 Å². The number of nitrogens with one attached hydrogen (secondary N) is 1. The quantitative estimate of drug-likeness (QED) is 0.407. The summed E-state index contributed by atoms with van der Waals surface area (Å²) in [6, 6.07) is 6.03. The highest BCUT2D eigenvalue weighted by molar-refractivity contribution is 5.77. The van der Waals surface area contributed by atoms with Gasteiger partial charge in [-0.3, -0.25) is 9.79 Å². The minimum absolute atomic E-state index is 0.0334. The summed E-state index contributed by atoms with van der Waals surface area (Å²) >= 11 is 0. The van der Waals surface area contributed by atoms with Crippen LogP contribution in [-0.2, 0) is 4.79 Å². The summed E-state index contributed by atoms with van der Waals surface area (Å²) in [6.07, 6.45) is 2.13. The van der Waals surface area contributed by atoms with Gasteiger partial charge in [-0.15, -0.1) is 0 Å². The van der Waals surface area contributed by atoms with E-state index in [4.69, 9.17) is 10.5 Å². The average Bonchev–Trinajstić information content (AvgIpc) is 2.53. The molecule has 6 heteroatoms. The number of carbonyl (C=O) groups excluding carboxylic acids is 1. The molecule has 0 aliphatic rings. The summed E-state index contributed by atoms with van der Waals surface area (Å²) in [5.41, 5.74) is 7.92. The number of rotatable bonds is 9. The first kappa shape index (κ1) is 20.8. The molecule has 0 spiro atoms. The van der Waals surface area contributed by atoms with E-state index in [0.29, 0.717) is 25.5 Å². The second-order valence-electron chi connectivity index (χ2n) is 6.59. The number of guanidine groups is 1. The van der Waals surface area contributed by atoms with E-state index in [1.165, 1.54) is 0 Å². The number of hydrogen-bond acceptors (Lipinski definition) is 3. The van der Waals surface area contributed by atoms with Crippen molar-refractivity contribution in [1.29, 1.82) is 0 Å². The Morgan fingerprint density at radius 3 is 2.52 bits per heavy atom. The number of unbranched alkanes of at least 4 members (excludes halogenated alkanes) is 1. The number of nitrogens with zero attached hydrogens (tertiary/aromatic N) is 2. The molecule has 1 amide bonds. The molecule has 3 N–H and O–H groups in total. The van der Waals surface area contributed by atoms with Crippen molar-refractivity contribution >= 4 is 11.9 Å². The van der Waals surface area contributed by atoms with Crippen LogP contribution < -0.4 is 15.8 Å². The molecule has 6 nitrogen and oxygen atoms in total. The lowest BCUT2D eigenvalue weighted by atomic mass is 10.1. The van der Waals surface area contributed by atoms with E-state index in [1.54, 1.807) is 4.90 Å². The third kappa shape index (κ3) is 7.92. The van der Waals surface area contributed by atoms with Gasteiger partial charge in [0, 0.05) is 27.1 Å². The topological polar surface area (TPSA) is 79.9 Å². The van der Waals surface area contributed by atoms with Gasteiger partial charge in [0.1, 0.15) is 12.4 Å². The van der Waals surface area contributed by atoms with Crippen molar-refractivity contribution in [3.63, 3.8) is 0 Å². The fourth-order valence-corrected chi connectivity index (χ4v) is 2.36. The Labute approximate surface area is 151 Å².